The standard InChI is InChI=1S/C23H31NO3/c1-18-7-5-9-20(13-18)14-24(16-22-10-6-12-26-22)15-21(25)17-27-23-11-4-3-8-19(23)2/h3-5,7-9,11,13,21-22,25H,6,10,12,14-17H2,1-2H3. The summed E-state index contributed by atoms with van der Waals surface area (Å²) in [4.78, 5) is 2.29. The Morgan fingerprint density at radius 2 is 2.04 bits per heavy atom. The monoisotopic (exact) mass is 369 g/mol. The van der Waals surface area contributed by atoms with E-state index in [4.69, 9.17) is 9.47 Å². The van der Waals surface area contributed by atoms with Crippen molar-refractivity contribution in [3.8, 4) is 5.75 Å². The molecule has 2 aromatic carbocycles. The van der Waals surface area contributed by atoms with Gasteiger partial charge in [0.1, 0.15) is 18.5 Å². The second-order valence-electron chi connectivity index (χ2n) is 7.55. The van der Waals surface area contributed by atoms with Crippen LogP contribution in [0.1, 0.15) is 29.5 Å². The highest BCUT2D eigenvalue weighted by molar-refractivity contribution is 5.31. The predicted octanol–water partition coefficient (Wildman–Crippen LogP) is 3.72. The van der Waals surface area contributed by atoms with Gasteiger partial charge in [0, 0.05) is 26.2 Å². The summed E-state index contributed by atoms with van der Waals surface area (Å²) in [5.41, 5.74) is 3.61. The normalized spacial score (nSPS) is 18.0. The maximum absolute atomic E-state index is 10.6. The molecule has 0 spiro atoms. The van der Waals surface area contributed by atoms with Gasteiger partial charge in [0.25, 0.3) is 0 Å². The second kappa shape index (κ2) is 9.88. The third-order valence-electron chi connectivity index (χ3n) is 4.97. The van der Waals surface area contributed by atoms with Gasteiger partial charge in [-0.25, -0.2) is 0 Å². The molecule has 0 aromatic heterocycles. The maximum Gasteiger partial charge on any atom is 0.122 e. The third-order valence-corrected chi connectivity index (χ3v) is 4.97. The lowest BCUT2D eigenvalue weighted by Crippen LogP contribution is -2.39. The number of aliphatic hydroxyl groups is 1. The largest absolute Gasteiger partial charge is 0.491 e. The minimum atomic E-state index is -0.546. The van der Waals surface area contributed by atoms with E-state index in [0.29, 0.717) is 13.2 Å². The first-order valence-corrected chi connectivity index (χ1v) is 9.86. The van der Waals surface area contributed by atoms with Gasteiger partial charge in [-0.1, -0.05) is 48.0 Å². The molecule has 0 radical (unpaired) electrons. The molecule has 2 unspecified atom stereocenters. The van der Waals surface area contributed by atoms with Crippen LogP contribution in [0.5, 0.6) is 5.75 Å². The van der Waals surface area contributed by atoms with Gasteiger partial charge in [0.05, 0.1) is 6.10 Å². The van der Waals surface area contributed by atoms with Crippen molar-refractivity contribution in [3.05, 3.63) is 65.2 Å². The average Bonchev–Trinajstić information content (AvgIpc) is 3.14. The first kappa shape index (κ1) is 19.9. The molecule has 4 heteroatoms. The number of hydrogen-bond donors (Lipinski definition) is 1. The summed E-state index contributed by atoms with van der Waals surface area (Å²) in [6.45, 7) is 7.49. The zero-order valence-corrected chi connectivity index (χ0v) is 16.4. The summed E-state index contributed by atoms with van der Waals surface area (Å²) in [6, 6.07) is 16.5. The highest BCUT2D eigenvalue weighted by Gasteiger charge is 2.21. The number of nitrogens with zero attached hydrogens (tertiary/aromatic N) is 1. The van der Waals surface area contributed by atoms with Gasteiger partial charge in [0.2, 0.25) is 0 Å². The molecular weight excluding hydrogens is 338 g/mol. The molecule has 1 fully saturated rings. The topological polar surface area (TPSA) is 41.9 Å². The minimum Gasteiger partial charge on any atom is -0.491 e. The molecule has 1 aliphatic rings. The van der Waals surface area contributed by atoms with Gasteiger partial charge in [-0.05, 0) is 43.9 Å². The lowest BCUT2D eigenvalue weighted by atomic mass is 10.1. The van der Waals surface area contributed by atoms with Crippen LogP contribution in [0.15, 0.2) is 48.5 Å². The van der Waals surface area contributed by atoms with Gasteiger partial charge >= 0.3 is 0 Å². The van der Waals surface area contributed by atoms with E-state index in [1.165, 1.54) is 11.1 Å². The van der Waals surface area contributed by atoms with E-state index in [-0.39, 0.29) is 6.10 Å². The molecule has 2 atom stereocenters. The minimum absolute atomic E-state index is 0.263. The van der Waals surface area contributed by atoms with Crippen molar-refractivity contribution in [1.82, 2.24) is 4.90 Å². The predicted molar refractivity (Wildman–Crippen MR) is 108 cm³/mol. The van der Waals surface area contributed by atoms with Crippen molar-refractivity contribution in [2.45, 2.75) is 45.4 Å². The highest BCUT2D eigenvalue weighted by Crippen LogP contribution is 2.18. The molecule has 2 aromatic rings. The fraction of sp³-hybridized carbons (Fsp3) is 0.478. The highest BCUT2D eigenvalue weighted by atomic mass is 16.5. The summed E-state index contributed by atoms with van der Waals surface area (Å²) in [5, 5.41) is 10.6. The van der Waals surface area contributed by atoms with E-state index in [1.807, 2.05) is 31.2 Å². The van der Waals surface area contributed by atoms with Crippen LogP contribution in [0.4, 0.5) is 0 Å². The Labute approximate surface area is 162 Å². The average molecular weight is 370 g/mol. The molecule has 0 bridgehead atoms. The first-order valence-electron chi connectivity index (χ1n) is 9.86. The van der Waals surface area contributed by atoms with Gasteiger partial charge in [0.15, 0.2) is 0 Å². The maximum atomic E-state index is 10.6. The second-order valence-corrected chi connectivity index (χ2v) is 7.55. The van der Waals surface area contributed by atoms with E-state index in [2.05, 4.69) is 36.1 Å². The lowest BCUT2D eigenvalue weighted by molar-refractivity contribution is 0.0313. The Hall–Kier alpha value is -1.88. The smallest absolute Gasteiger partial charge is 0.122 e. The number of hydrogen-bond acceptors (Lipinski definition) is 4. The van der Waals surface area contributed by atoms with Gasteiger partial charge in [-0.2, -0.15) is 0 Å². The number of rotatable bonds is 9. The number of ether oxygens (including phenoxy) is 2. The van der Waals surface area contributed by atoms with Crippen molar-refractivity contribution in [3.63, 3.8) is 0 Å². The summed E-state index contributed by atoms with van der Waals surface area (Å²) < 4.78 is 11.6. The van der Waals surface area contributed by atoms with Crippen molar-refractivity contribution in [2.24, 2.45) is 0 Å². The molecule has 146 valence electrons. The number of para-hydroxylation sites is 1. The van der Waals surface area contributed by atoms with Crippen LogP contribution < -0.4 is 4.74 Å². The molecule has 1 heterocycles. The molecule has 0 aliphatic carbocycles. The molecule has 0 amide bonds. The summed E-state index contributed by atoms with van der Waals surface area (Å²) >= 11 is 0. The molecule has 4 nitrogen and oxygen atoms in total. The molecule has 0 saturated carbocycles. The van der Waals surface area contributed by atoms with E-state index >= 15 is 0 Å². The van der Waals surface area contributed by atoms with Crippen molar-refractivity contribution in [1.29, 1.82) is 0 Å². The van der Waals surface area contributed by atoms with Crippen LogP contribution in [-0.2, 0) is 11.3 Å². The Morgan fingerprint density at radius 1 is 1.19 bits per heavy atom. The number of aliphatic hydroxyl groups excluding tert-OH is 1. The fourth-order valence-corrected chi connectivity index (χ4v) is 3.60. The molecule has 1 N–H and O–H groups in total. The Balaban J connectivity index is 1.58. The fourth-order valence-electron chi connectivity index (χ4n) is 3.60. The molecule has 1 saturated heterocycles. The van der Waals surface area contributed by atoms with E-state index < -0.39 is 6.10 Å². The van der Waals surface area contributed by atoms with Crippen LogP contribution >= 0.6 is 0 Å². The van der Waals surface area contributed by atoms with Gasteiger partial charge < -0.3 is 14.6 Å². The summed E-state index contributed by atoms with van der Waals surface area (Å²) in [6.07, 6.45) is 1.94. The van der Waals surface area contributed by atoms with Crippen molar-refractivity contribution in [2.75, 3.05) is 26.3 Å². The molecule has 1 aliphatic heterocycles. The van der Waals surface area contributed by atoms with Gasteiger partial charge in [-0.15, -0.1) is 0 Å². The lowest BCUT2D eigenvalue weighted by Gasteiger charge is -2.27. The van der Waals surface area contributed by atoms with Gasteiger partial charge in [-0.3, -0.25) is 4.90 Å². The van der Waals surface area contributed by atoms with Crippen LogP contribution in [0, 0.1) is 13.8 Å². The van der Waals surface area contributed by atoms with Crippen LogP contribution in [-0.4, -0.2) is 48.5 Å². The van der Waals surface area contributed by atoms with E-state index in [1.54, 1.807) is 0 Å². The van der Waals surface area contributed by atoms with Crippen molar-refractivity contribution >= 4 is 0 Å². The summed E-state index contributed by atoms with van der Waals surface area (Å²) in [5.74, 6) is 0.834. The number of benzene rings is 2. The zero-order chi connectivity index (χ0) is 19.1. The SMILES string of the molecule is Cc1cccc(CN(CC(O)COc2ccccc2C)CC2CCCO2)c1. The van der Waals surface area contributed by atoms with Crippen LogP contribution in [0.2, 0.25) is 0 Å². The van der Waals surface area contributed by atoms with E-state index in [9.17, 15) is 5.11 Å². The summed E-state index contributed by atoms with van der Waals surface area (Å²) in [7, 11) is 0. The van der Waals surface area contributed by atoms with Crippen molar-refractivity contribution < 1.29 is 14.6 Å². The Bertz CT molecular complexity index is 712. The Kier molecular flexibility index (Phi) is 7.27. The molecule has 27 heavy (non-hydrogen) atoms. The third kappa shape index (κ3) is 6.35. The zero-order valence-electron chi connectivity index (χ0n) is 16.4. The molecule has 3 rings (SSSR count). The van der Waals surface area contributed by atoms with E-state index in [0.717, 1.165) is 43.9 Å². The van der Waals surface area contributed by atoms with Crippen LogP contribution in [0.25, 0.3) is 0 Å². The number of aryl methyl sites for hydroxylation is 2. The molecular formula is C23H31NO3. The Morgan fingerprint density at radius 3 is 2.78 bits per heavy atom. The first-order chi connectivity index (χ1) is 13.1. The van der Waals surface area contributed by atoms with Crippen LogP contribution in [0.3, 0.4) is 0 Å². The quantitative estimate of drug-likeness (QED) is 0.731.